The van der Waals surface area contributed by atoms with Gasteiger partial charge in [0.25, 0.3) is 11.2 Å². The Kier molecular flexibility index (Phi) is 4.81. The first-order chi connectivity index (χ1) is 10.5. The highest BCUT2D eigenvalue weighted by Crippen LogP contribution is 2.33. The lowest BCUT2D eigenvalue weighted by atomic mass is 10.2. The minimum absolute atomic E-state index is 0.132. The Labute approximate surface area is 134 Å². The minimum Gasteiger partial charge on any atom is -0.496 e. The van der Waals surface area contributed by atoms with E-state index in [1.54, 1.807) is 12.1 Å². The van der Waals surface area contributed by atoms with Crippen LogP contribution in [-0.4, -0.2) is 23.7 Å². The van der Waals surface area contributed by atoms with Gasteiger partial charge in [-0.05, 0) is 28.1 Å². The molecule has 8 heteroatoms. The van der Waals surface area contributed by atoms with Crippen LogP contribution in [0, 0.1) is 10.1 Å². The number of ether oxygens (including phenoxy) is 2. The predicted octanol–water partition coefficient (Wildman–Crippen LogP) is 2.58. The summed E-state index contributed by atoms with van der Waals surface area (Å²) in [4.78, 5) is 22.2. The fourth-order valence-electron chi connectivity index (χ4n) is 1.98. The zero-order valence-electron chi connectivity index (χ0n) is 11.9. The third-order valence-electron chi connectivity index (χ3n) is 3.07. The number of nitro groups is 1. The van der Waals surface area contributed by atoms with Crippen LogP contribution in [-0.2, 0) is 6.54 Å². The Balaban J connectivity index is 2.48. The lowest BCUT2D eigenvalue weighted by Crippen LogP contribution is -2.19. The molecule has 1 heterocycles. The van der Waals surface area contributed by atoms with Crippen molar-refractivity contribution >= 4 is 21.6 Å². The highest BCUT2D eigenvalue weighted by Gasteiger charge is 2.13. The third-order valence-corrected chi connectivity index (χ3v) is 3.69. The Morgan fingerprint density at radius 1 is 1.23 bits per heavy atom. The van der Waals surface area contributed by atoms with Crippen molar-refractivity contribution in [3.8, 4) is 11.5 Å². The molecule has 22 heavy (non-hydrogen) atoms. The average Bonchev–Trinajstić information content (AvgIpc) is 2.50. The topological polar surface area (TPSA) is 83.6 Å². The summed E-state index contributed by atoms with van der Waals surface area (Å²) in [5, 5.41) is 10.8. The third kappa shape index (κ3) is 3.28. The number of methoxy groups -OCH3 is 2. The summed E-state index contributed by atoms with van der Waals surface area (Å²) in [6.07, 6.45) is 1.20. The van der Waals surface area contributed by atoms with Crippen molar-refractivity contribution in [2.24, 2.45) is 0 Å². The van der Waals surface area contributed by atoms with Crippen LogP contribution >= 0.6 is 15.9 Å². The quantitative estimate of drug-likeness (QED) is 0.598. The Morgan fingerprint density at radius 2 is 1.91 bits per heavy atom. The van der Waals surface area contributed by atoms with E-state index in [9.17, 15) is 14.9 Å². The van der Waals surface area contributed by atoms with Gasteiger partial charge in [0.05, 0.1) is 36.4 Å². The molecule has 1 aromatic heterocycles. The summed E-state index contributed by atoms with van der Waals surface area (Å²) in [5.41, 5.74) is 0.183. The van der Waals surface area contributed by atoms with Gasteiger partial charge < -0.3 is 14.0 Å². The summed E-state index contributed by atoms with van der Waals surface area (Å²) in [5.74, 6) is 1.13. The first-order valence-electron chi connectivity index (χ1n) is 6.21. The molecule has 2 rings (SSSR count). The van der Waals surface area contributed by atoms with E-state index in [1.807, 2.05) is 0 Å². The number of hydrogen-bond donors (Lipinski definition) is 0. The van der Waals surface area contributed by atoms with Gasteiger partial charge >= 0.3 is 0 Å². The zero-order valence-corrected chi connectivity index (χ0v) is 13.5. The minimum atomic E-state index is -0.546. The second-order valence-corrected chi connectivity index (χ2v) is 5.26. The molecule has 0 aliphatic rings. The number of hydrogen-bond acceptors (Lipinski definition) is 5. The molecule has 0 aliphatic carbocycles. The predicted molar refractivity (Wildman–Crippen MR) is 83.7 cm³/mol. The van der Waals surface area contributed by atoms with Gasteiger partial charge in [-0.15, -0.1) is 0 Å². The largest absolute Gasteiger partial charge is 0.496 e. The van der Waals surface area contributed by atoms with Crippen LogP contribution < -0.4 is 15.0 Å². The first kappa shape index (κ1) is 16.0. The van der Waals surface area contributed by atoms with Crippen LogP contribution in [0.25, 0.3) is 0 Å². The van der Waals surface area contributed by atoms with Crippen LogP contribution in [0.15, 0.2) is 39.7 Å². The number of rotatable bonds is 5. The van der Waals surface area contributed by atoms with Crippen LogP contribution in [0.4, 0.5) is 5.69 Å². The van der Waals surface area contributed by atoms with Crippen LogP contribution in [0.2, 0.25) is 0 Å². The van der Waals surface area contributed by atoms with Crippen molar-refractivity contribution in [2.75, 3.05) is 14.2 Å². The molecule has 0 aliphatic heterocycles. The molecule has 0 saturated carbocycles. The molecule has 0 bridgehead atoms. The van der Waals surface area contributed by atoms with Gasteiger partial charge in [-0.1, -0.05) is 0 Å². The average molecular weight is 369 g/mol. The van der Waals surface area contributed by atoms with E-state index in [-0.39, 0.29) is 17.8 Å². The normalized spacial score (nSPS) is 10.3. The van der Waals surface area contributed by atoms with Crippen molar-refractivity contribution in [3.05, 3.63) is 61.0 Å². The van der Waals surface area contributed by atoms with Gasteiger partial charge in [0.2, 0.25) is 0 Å². The molecule has 0 atom stereocenters. The van der Waals surface area contributed by atoms with Crippen molar-refractivity contribution in [1.29, 1.82) is 0 Å². The number of halogens is 1. The zero-order chi connectivity index (χ0) is 16.3. The smallest absolute Gasteiger partial charge is 0.285 e. The summed E-state index contributed by atoms with van der Waals surface area (Å²) in [6, 6.07) is 5.78. The number of nitrogens with zero attached hydrogens (tertiary/aromatic N) is 2. The van der Waals surface area contributed by atoms with Crippen LogP contribution in [0.1, 0.15) is 5.56 Å². The van der Waals surface area contributed by atoms with E-state index >= 15 is 0 Å². The second kappa shape index (κ2) is 6.61. The molecular weight excluding hydrogens is 356 g/mol. The molecule has 0 unspecified atom stereocenters. The van der Waals surface area contributed by atoms with Crippen LogP contribution in [0.5, 0.6) is 11.5 Å². The molecule has 0 N–H and O–H groups in total. The second-order valence-electron chi connectivity index (χ2n) is 4.41. The maximum absolute atomic E-state index is 11.9. The summed E-state index contributed by atoms with van der Waals surface area (Å²) in [7, 11) is 3.03. The number of pyridine rings is 1. The molecule has 2 aromatic rings. The van der Waals surface area contributed by atoms with Gasteiger partial charge in [-0.3, -0.25) is 14.9 Å². The highest BCUT2D eigenvalue weighted by atomic mass is 79.9. The Hall–Kier alpha value is -2.35. The van der Waals surface area contributed by atoms with Crippen LogP contribution in [0.3, 0.4) is 0 Å². The van der Waals surface area contributed by atoms with Crippen molar-refractivity contribution < 1.29 is 14.4 Å². The molecular formula is C14H13BrN2O5. The lowest BCUT2D eigenvalue weighted by Gasteiger charge is -2.13. The fourth-order valence-corrected chi connectivity index (χ4v) is 2.47. The number of aromatic nitrogens is 1. The standard InChI is InChI=1S/C14H13BrN2O5/c1-21-12-6-11(15)13(22-2)5-9(12)7-16-8-10(17(19)20)3-4-14(16)18/h3-6,8H,7H2,1-2H3. The SMILES string of the molecule is COc1cc(Cn2cc([N+](=O)[O-])ccc2=O)c(OC)cc1Br. The highest BCUT2D eigenvalue weighted by molar-refractivity contribution is 9.10. The van der Waals surface area contributed by atoms with E-state index < -0.39 is 4.92 Å². The summed E-state index contributed by atoms with van der Waals surface area (Å²) in [6.45, 7) is 0.132. The van der Waals surface area contributed by atoms with E-state index in [2.05, 4.69) is 15.9 Å². The van der Waals surface area contributed by atoms with E-state index in [4.69, 9.17) is 9.47 Å². The lowest BCUT2D eigenvalue weighted by molar-refractivity contribution is -0.385. The molecule has 0 saturated heterocycles. The van der Waals surface area contributed by atoms with Gasteiger partial charge in [-0.2, -0.15) is 0 Å². The molecule has 0 radical (unpaired) electrons. The fraction of sp³-hybridized carbons (Fsp3) is 0.214. The van der Waals surface area contributed by atoms with Gasteiger partial charge in [-0.25, -0.2) is 0 Å². The number of benzene rings is 1. The molecule has 0 amide bonds. The van der Waals surface area contributed by atoms with Crippen molar-refractivity contribution in [3.63, 3.8) is 0 Å². The van der Waals surface area contributed by atoms with E-state index in [0.29, 0.717) is 21.5 Å². The maximum atomic E-state index is 11.9. The monoisotopic (exact) mass is 368 g/mol. The molecule has 116 valence electrons. The molecule has 0 spiro atoms. The van der Waals surface area contributed by atoms with Gasteiger partial charge in [0, 0.05) is 17.7 Å². The molecule has 7 nitrogen and oxygen atoms in total. The van der Waals surface area contributed by atoms with E-state index in [1.165, 1.54) is 37.1 Å². The Bertz CT molecular complexity index is 772. The first-order valence-corrected chi connectivity index (χ1v) is 7.01. The van der Waals surface area contributed by atoms with E-state index in [0.717, 1.165) is 0 Å². The van der Waals surface area contributed by atoms with Crippen molar-refractivity contribution in [1.82, 2.24) is 4.57 Å². The Morgan fingerprint density at radius 3 is 2.50 bits per heavy atom. The summed E-state index contributed by atoms with van der Waals surface area (Å²) < 4.78 is 12.5. The maximum Gasteiger partial charge on any atom is 0.285 e. The van der Waals surface area contributed by atoms with Gasteiger partial charge in [0.15, 0.2) is 0 Å². The molecule has 0 fully saturated rings. The summed E-state index contributed by atoms with van der Waals surface area (Å²) >= 11 is 3.35. The van der Waals surface area contributed by atoms with Crippen molar-refractivity contribution in [2.45, 2.75) is 6.54 Å². The molecule has 1 aromatic carbocycles. The van der Waals surface area contributed by atoms with Gasteiger partial charge in [0.1, 0.15) is 11.5 Å².